The molecular formula is C28H25NO5. The lowest BCUT2D eigenvalue weighted by Crippen LogP contribution is -2.31. The number of aliphatic hydroxyl groups is 1. The Morgan fingerprint density at radius 3 is 2.50 bits per heavy atom. The van der Waals surface area contributed by atoms with Crippen molar-refractivity contribution in [2.45, 2.75) is 31.9 Å². The van der Waals surface area contributed by atoms with Gasteiger partial charge >= 0.3 is 0 Å². The van der Waals surface area contributed by atoms with Crippen LogP contribution in [0.4, 0.5) is 0 Å². The minimum Gasteiger partial charge on any atom is -0.508 e. The maximum absolute atomic E-state index is 13.2. The van der Waals surface area contributed by atoms with Gasteiger partial charge in [0, 0.05) is 18.5 Å². The summed E-state index contributed by atoms with van der Waals surface area (Å²) in [5.41, 5.74) is 3.17. The second-order valence-electron chi connectivity index (χ2n) is 8.77. The second kappa shape index (κ2) is 8.71. The average Bonchev–Trinajstić information content (AvgIpc) is 3.34. The molecule has 3 aromatic carbocycles. The fourth-order valence-electron chi connectivity index (χ4n) is 4.73. The van der Waals surface area contributed by atoms with Gasteiger partial charge in [-0.1, -0.05) is 42.5 Å². The molecule has 6 heteroatoms. The third-order valence-electron chi connectivity index (χ3n) is 6.40. The summed E-state index contributed by atoms with van der Waals surface area (Å²) in [6.07, 6.45) is 1.33. The van der Waals surface area contributed by atoms with Gasteiger partial charge in [-0.3, -0.25) is 9.59 Å². The second-order valence-corrected chi connectivity index (χ2v) is 8.77. The molecule has 2 heterocycles. The number of rotatable bonds is 5. The van der Waals surface area contributed by atoms with Crippen LogP contribution in [0.2, 0.25) is 0 Å². The van der Waals surface area contributed by atoms with Crippen LogP contribution in [-0.2, 0) is 22.4 Å². The molecule has 34 heavy (non-hydrogen) atoms. The first kappa shape index (κ1) is 21.8. The van der Waals surface area contributed by atoms with Crippen molar-refractivity contribution < 1.29 is 24.5 Å². The summed E-state index contributed by atoms with van der Waals surface area (Å²) in [6.45, 7) is 2.29. The summed E-state index contributed by atoms with van der Waals surface area (Å²) in [7, 11) is 0. The minimum absolute atomic E-state index is 0.0490. The number of Topliss-reactive ketones (excluding diaryl/α,β-unsaturated/α-hetero) is 1. The number of aliphatic hydroxyl groups excluding tert-OH is 1. The van der Waals surface area contributed by atoms with Gasteiger partial charge in [0.15, 0.2) is 0 Å². The molecule has 172 valence electrons. The van der Waals surface area contributed by atoms with E-state index in [2.05, 4.69) is 0 Å². The molecule has 2 atom stereocenters. The first-order valence-corrected chi connectivity index (χ1v) is 11.3. The predicted molar refractivity (Wildman–Crippen MR) is 127 cm³/mol. The van der Waals surface area contributed by atoms with Crippen molar-refractivity contribution in [2.75, 3.05) is 6.54 Å². The van der Waals surface area contributed by atoms with E-state index in [-0.39, 0.29) is 23.2 Å². The zero-order valence-electron chi connectivity index (χ0n) is 18.8. The molecule has 0 unspecified atom stereocenters. The molecule has 0 spiro atoms. The molecule has 1 amide bonds. The van der Waals surface area contributed by atoms with E-state index in [1.807, 2.05) is 43.3 Å². The molecule has 0 bridgehead atoms. The Labute approximate surface area is 197 Å². The van der Waals surface area contributed by atoms with Crippen LogP contribution in [0.5, 0.6) is 11.5 Å². The number of carbonyl (C=O) groups excluding carboxylic acids is 2. The number of phenols is 1. The standard InChI is InChI=1S/C28H25NO5/c1-17-15-21-16-20(9-12-23(21)34-17)26(31)24-25(19-7-10-22(30)11-8-19)29(28(33)27(24)32)14-13-18-5-3-2-4-6-18/h2-12,16-17,25,30-31H,13-15H2,1H3/t17-,25+/m0/s1. The quantitative estimate of drug-likeness (QED) is 0.339. The van der Waals surface area contributed by atoms with Gasteiger partial charge in [0.1, 0.15) is 23.4 Å². The number of amides is 1. The molecule has 2 aliphatic rings. The molecule has 5 rings (SSSR count). The van der Waals surface area contributed by atoms with E-state index < -0.39 is 17.7 Å². The Balaban J connectivity index is 1.57. The lowest BCUT2D eigenvalue weighted by Gasteiger charge is -2.25. The normalized spacial score (nSPS) is 20.9. The highest BCUT2D eigenvalue weighted by Gasteiger charge is 2.45. The predicted octanol–water partition coefficient (Wildman–Crippen LogP) is 4.38. The van der Waals surface area contributed by atoms with Gasteiger partial charge < -0.3 is 19.8 Å². The number of hydrogen-bond donors (Lipinski definition) is 2. The van der Waals surface area contributed by atoms with Crippen LogP contribution in [0.25, 0.3) is 5.76 Å². The van der Waals surface area contributed by atoms with Gasteiger partial charge in [-0.15, -0.1) is 0 Å². The van der Waals surface area contributed by atoms with Crippen LogP contribution in [0.15, 0.2) is 78.4 Å². The summed E-state index contributed by atoms with van der Waals surface area (Å²) >= 11 is 0. The van der Waals surface area contributed by atoms with Crippen molar-refractivity contribution in [2.24, 2.45) is 0 Å². The number of ketones is 1. The van der Waals surface area contributed by atoms with Crippen LogP contribution in [0.3, 0.4) is 0 Å². The zero-order chi connectivity index (χ0) is 23.8. The largest absolute Gasteiger partial charge is 0.508 e. The van der Waals surface area contributed by atoms with Gasteiger partial charge in [0.25, 0.3) is 11.7 Å². The molecular weight excluding hydrogens is 430 g/mol. The molecule has 2 aliphatic heterocycles. The highest BCUT2D eigenvalue weighted by atomic mass is 16.5. The topological polar surface area (TPSA) is 87.1 Å². The Bertz CT molecular complexity index is 1280. The van der Waals surface area contributed by atoms with E-state index in [1.54, 1.807) is 24.3 Å². The van der Waals surface area contributed by atoms with Crippen molar-refractivity contribution >= 4 is 17.4 Å². The average molecular weight is 456 g/mol. The van der Waals surface area contributed by atoms with Crippen LogP contribution in [-0.4, -0.2) is 39.5 Å². The van der Waals surface area contributed by atoms with Crippen molar-refractivity contribution in [3.63, 3.8) is 0 Å². The maximum atomic E-state index is 13.2. The molecule has 0 aromatic heterocycles. The summed E-state index contributed by atoms with van der Waals surface area (Å²) < 4.78 is 5.75. The fraction of sp³-hybridized carbons (Fsp3) is 0.214. The number of phenolic OH excluding ortho intramolecular Hbond substituents is 1. The van der Waals surface area contributed by atoms with E-state index in [1.165, 1.54) is 17.0 Å². The van der Waals surface area contributed by atoms with Gasteiger partial charge in [-0.25, -0.2) is 0 Å². The van der Waals surface area contributed by atoms with E-state index in [4.69, 9.17) is 4.74 Å². The monoisotopic (exact) mass is 455 g/mol. The number of benzene rings is 3. The number of ether oxygens (including phenoxy) is 1. The van der Waals surface area contributed by atoms with Gasteiger partial charge in [0.2, 0.25) is 0 Å². The number of fused-ring (bicyclic) bond motifs is 1. The molecule has 0 aliphatic carbocycles. The van der Waals surface area contributed by atoms with Crippen LogP contribution >= 0.6 is 0 Å². The number of hydrogen-bond acceptors (Lipinski definition) is 5. The Hall–Kier alpha value is -4.06. The van der Waals surface area contributed by atoms with E-state index in [9.17, 15) is 19.8 Å². The van der Waals surface area contributed by atoms with E-state index >= 15 is 0 Å². The summed E-state index contributed by atoms with van der Waals surface area (Å²) in [5, 5.41) is 21.0. The molecule has 3 aromatic rings. The molecule has 6 nitrogen and oxygen atoms in total. The van der Waals surface area contributed by atoms with Gasteiger partial charge in [-0.2, -0.15) is 0 Å². The van der Waals surface area contributed by atoms with Crippen LogP contribution in [0.1, 0.15) is 35.2 Å². The minimum atomic E-state index is -0.757. The van der Waals surface area contributed by atoms with Crippen molar-refractivity contribution in [1.82, 2.24) is 4.90 Å². The third kappa shape index (κ3) is 3.92. The summed E-state index contributed by atoms with van der Waals surface area (Å²) in [6, 6.07) is 20.7. The number of aromatic hydroxyl groups is 1. The number of likely N-dealkylation sites (tertiary alicyclic amines) is 1. The zero-order valence-corrected chi connectivity index (χ0v) is 18.8. The number of carbonyl (C=O) groups is 2. The van der Waals surface area contributed by atoms with Gasteiger partial charge in [0.05, 0.1) is 11.6 Å². The molecule has 0 saturated carbocycles. The Morgan fingerprint density at radius 1 is 1.03 bits per heavy atom. The van der Waals surface area contributed by atoms with Crippen LogP contribution in [0, 0.1) is 0 Å². The SMILES string of the molecule is C[C@H]1Cc2cc(C(O)=C3C(=O)C(=O)N(CCc4ccccc4)[C@@H]3c3ccc(O)cc3)ccc2O1. The fourth-order valence-corrected chi connectivity index (χ4v) is 4.73. The third-order valence-corrected chi connectivity index (χ3v) is 6.40. The van der Waals surface area contributed by atoms with Crippen molar-refractivity contribution in [1.29, 1.82) is 0 Å². The van der Waals surface area contributed by atoms with E-state index in [0.29, 0.717) is 30.5 Å². The van der Waals surface area contributed by atoms with Crippen molar-refractivity contribution in [3.05, 3.63) is 101 Å². The number of nitrogens with zero attached hydrogens (tertiary/aromatic N) is 1. The highest BCUT2D eigenvalue weighted by Crippen LogP contribution is 2.41. The van der Waals surface area contributed by atoms with Crippen LogP contribution < -0.4 is 4.74 Å². The maximum Gasteiger partial charge on any atom is 0.295 e. The molecule has 1 fully saturated rings. The molecule has 0 radical (unpaired) electrons. The Morgan fingerprint density at radius 2 is 1.76 bits per heavy atom. The van der Waals surface area contributed by atoms with Crippen molar-refractivity contribution in [3.8, 4) is 11.5 Å². The summed E-state index contributed by atoms with van der Waals surface area (Å²) in [4.78, 5) is 27.8. The first-order chi connectivity index (χ1) is 16.4. The Kier molecular flexibility index (Phi) is 5.57. The molecule has 1 saturated heterocycles. The van der Waals surface area contributed by atoms with E-state index in [0.717, 1.165) is 16.9 Å². The highest BCUT2D eigenvalue weighted by molar-refractivity contribution is 6.46. The lowest BCUT2D eigenvalue weighted by molar-refractivity contribution is -0.139. The van der Waals surface area contributed by atoms with Gasteiger partial charge in [-0.05, 0) is 60.4 Å². The lowest BCUT2D eigenvalue weighted by atomic mass is 9.94. The molecule has 2 N–H and O–H groups in total. The summed E-state index contributed by atoms with van der Waals surface area (Å²) in [5.74, 6) is -0.719. The smallest absolute Gasteiger partial charge is 0.295 e. The first-order valence-electron chi connectivity index (χ1n) is 11.3.